The average molecular weight is 588 g/mol. The van der Waals surface area contributed by atoms with Gasteiger partial charge >= 0.3 is 37.9 Å². The molecule has 0 aliphatic heterocycles. The second kappa shape index (κ2) is 11.3. The summed E-state index contributed by atoms with van der Waals surface area (Å²) in [7, 11) is 8.07. The Morgan fingerprint density at radius 3 is 1.33 bits per heavy atom. The Bertz CT molecular complexity index is 738. The molecule has 1 nitrogen and oxygen atoms in total. The third-order valence-electron chi connectivity index (χ3n) is 7.07. The molecule has 0 amide bonds. The van der Waals surface area contributed by atoms with E-state index in [2.05, 4.69) is 112 Å². The fraction of sp³-hybridized carbons (Fsp3) is 0.679. The topological polar surface area (TPSA) is 14.1 Å². The molecule has 4 unspecified atom stereocenters. The van der Waals surface area contributed by atoms with Gasteiger partial charge in [-0.05, 0) is 45.6 Å². The molecule has 0 heterocycles. The van der Waals surface area contributed by atoms with Crippen LogP contribution >= 0.6 is 17.0 Å². The quantitative estimate of drug-likeness (QED) is 0.225. The Kier molecular flexibility index (Phi) is 10.9. The number of halogens is 2. The summed E-state index contributed by atoms with van der Waals surface area (Å²) in [4.78, 5) is 5.47. The Morgan fingerprint density at radius 1 is 0.727 bits per heavy atom. The number of fused-ring (bicyclic) bond motifs is 3. The van der Waals surface area contributed by atoms with E-state index >= 15 is 0 Å². The standard InChI is InChI=1S/C27H44NSi.CH3.2ClH.Zr/c1-25(2,3)18-12-14-20-22(16-18)23-17-19(26(4,5)6)13-15-21(23)24(20)29(10,11)28-27(7,8)9;;;;/h12-17,20-24H,1-11H3;1H3;2*1H;/q2*-1;;;+4/p-2. The van der Waals surface area contributed by atoms with Crippen LogP contribution in [0.15, 0.2) is 47.6 Å². The predicted octanol–water partition coefficient (Wildman–Crippen LogP) is 10.1. The van der Waals surface area contributed by atoms with Crippen molar-refractivity contribution in [3.05, 3.63) is 60.0 Å². The van der Waals surface area contributed by atoms with Crippen LogP contribution in [-0.2, 0) is 20.8 Å². The van der Waals surface area contributed by atoms with Crippen molar-refractivity contribution in [3.63, 3.8) is 0 Å². The zero-order valence-electron chi connectivity index (χ0n) is 23.1. The molecule has 5 heteroatoms. The molecule has 0 spiro atoms. The third-order valence-corrected chi connectivity index (χ3v) is 10.7. The third kappa shape index (κ3) is 7.79. The second-order valence-electron chi connectivity index (χ2n) is 13.3. The van der Waals surface area contributed by atoms with Crippen molar-refractivity contribution in [2.45, 2.75) is 86.5 Å². The van der Waals surface area contributed by atoms with Crippen LogP contribution in [0.1, 0.15) is 62.3 Å². The number of hydrogen-bond acceptors (Lipinski definition) is 0. The summed E-state index contributed by atoms with van der Waals surface area (Å²) in [5.74, 6) is 2.44. The van der Waals surface area contributed by atoms with Crippen molar-refractivity contribution < 1.29 is 20.8 Å². The van der Waals surface area contributed by atoms with Gasteiger partial charge in [-0.25, -0.2) is 0 Å². The van der Waals surface area contributed by atoms with E-state index in [0.717, 1.165) is 0 Å². The maximum absolute atomic E-state index is 5.47. The van der Waals surface area contributed by atoms with E-state index in [1.165, 1.54) is 11.1 Å². The predicted molar refractivity (Wildman–Crippen MR) is 150 cm³/mol. The first-order valence-corrected chi connectivity index (χ1v) is 21.3. The minimum absolute atomic E-state index is 0. The van der Waals surface area contributed by atoms with Gasteiger partial charge in [-0.3, -0.25) is 0 Å². The summed E-state index contributed by atoms with van der Waals surface area (Å²) in [5.41, 5.74) is 4.13. The van der Waals surface area contributed by atoms with Gasteiger partial charge in [0.2, 0.25) is 0 Å². The number of nitrogens with zero attached hydrogens (tertiary/aromatic N) is 1. The van der Waals surface area contributed by atoms with Gasteiger partial charge < -0.3 is 12.4 Å². The van der Waals surface area contributed by atoms with Crippen LogP contribution in [0.5, 0.6) is 0 Å². The summed E-state index contributed by atoms with van der Waals surface area (Å²) < 4.78 is 0. The maximum atomic E-state index is 5.47. The Morgan fingerprint density at radius 2 is 1.06 bits per heavy atom. The SMILES string of the molecule is CC(C)(C)[N-][Si](C)(C)C1C2C=CC(C(C)(C)C)=CC2C2C=C(C(C)(C)C)C=CC21.[CH3-].[Cl][Zr+2][Cl]. The van der Waals surface area contributed by atoms with Crippen LogP contribution in [0.2, 0.25) is 18.6 Å². The molecule has 3 rings (SSSR count). The van der Waals surface area contributed by atoms with Gasteiger partial charge in [0.1, 0.15) is 0 Å². The molecule has 1 saturated carbocycles. The van der Waals surface area contributed by atoms with Gasteiger partial charge in [-0.15, -0.1) is 5.54 Å². The van der Waals surface area contributed by atoms with Crippen molar-refractivity contribution in [3.8, 4) is 0 Å². The fourth-order valence-corrected chi connectivity index (χ4v) is 10.5. The molecule has 0 aromatic carbocycles. The molecule has 0 radical (unpaired) electrons. The van der Waals surface area contributed by atoms with Gasteiger partial charge in [0, 0.05) is 0 Å². The summed E-state index contributed by atoms with van der Waals surface area (Å²) in [6, 6.07) is 0. The van der Waals surface area contributed by atoms with E-state index in [1.54, 1.807) is 0 Å². The van der Waals surface area contributed by atoms with Gasteiger partial charge in [-0.2, -0.15) is 0 Å². The molecule has 3 aliphatic carbocycles. The van der Waals surface area contributed by atoms with E-state index in [4.69, 9.17) is 22.0 Å². The number of allylic oxidation sites excluding steroid dienone is 8. The zero-order valence-corrected chi connectivity index (χ0v) is 28.0. The van der Waals surface area contributed by atoms with Crippen LogP contribution in [0.3, 0.4) is 0 Å². The molecule has 0 aromatic heterocycles. The van der Waals surface area contributed by atoms with E-state index in [-0.39, 0.29) is 23.8 Å². The van der Waals surface area contributed by atoms with Crippen molar-refractivity contribution in [2.75, 3.05) is 0 Å². The van der Waals surface area contributed by atoms with Crippen molar-refractivity contribution in [1.29, 1.82) is 0 Å². The fourth-order valence-electron chi connectivity index (χ4n) is 6.03. The molecule has 4 atom stereocenters. The number of hydrogen-bond donors (Lipinski definition) is 0. The summed E-state index contributed by atoms with van der Waals surface area (Å²) in [6.45, 7) is 25.9. The molecular formula is C28H47Cl2NSiZr. The normalized spacial score (nSPS) is 28.9. The van der Waals surface area contributed by atoms with E-state index < -0.39 is 29.1 Å². The molecule has 0 bridgehead atoms. The van der Waals surface area contributed by atoms with Gasteiger partial charge in [-0.1, -0.05) is 126 Å². The van der Waals surface area contributed by atoms with Crippen LogP contribution in [0.25, 0.3) is 4.98 Å². The molecule has 186 valence electrons. The van der Waals surface area contributed by atoms with Crippen molar-refractivity contribution in [1.82, 2.24) is 0 Å². The molecule has 0 N–H and O–H groups in total. The number of rotatable bonds is 2. The van der Waals surface area contributed by atoms with Crippen molar-refractivity contribution >= 4 is 25.3 Å². The second-order valence-corrected chi connectivity index (χ2v) is 21.2. The van der Waals surface area contributed by atoms with Gasteiger partial charge in [0.15, 0.2) is 0 Å². The summed E-state index contributed by atoms with van der Waals surface area (Å²) >= 11 is -0.826. The Balaban J connectivity index is 0.00000129. The van der Waals surface area contributed by atoms with E-state index in [1.807, 2.05) is 0 Å². The van der Waals surface area contributed by atoms with E-state index in [9.17, 15) is 0 Å². The molecule has 0 aromatic rings. The molecule has 1 fully saturated rings. The molecule has 3 aliphatic rings. The molecule has 33 heavy (non-hydrogen) atoms. The first-order chi connectivity index (χ1) is 14.4. The van der Waals surface area contributed by atoms with Crippen LogP contribution < -0.4 is 0 Å². The average Bonchev–Trinajstić information content (AvgIpc) is 2.92. The van der Waals surface area contributed by atoms with Crippen LogP contribution in [-0.4, -0.2) is 13.8 Å². The van der Waals surface area contributed by atoms with Gasteiger partial charge in [0.05, 0.1) is 0 Å². The summed E-state index contributed by atoms with van der Waals surface area (Å²) in [5, 5.41) is 0. The van der Waals surface area contributed by atoms with E-state index in [0.29, 0.717) is 29.2 Å². The van der Waals surface area contributed by atoms with Crippen LogP contribution in [0, 0.1) is 41.9 Å². The molecule has 0 saturated heterocycles. The monoisotopic (exact) mass is 585 g/mol. The Hall–Kier alpha value is 0.600. The zero-order chi connectivity index (χ0) is 24.7. The molecular weight excluding hydrogens is 541 g/mol. The van der Waals surface area contributed by atoms with Crippen molar-refractivity contribution in [2.24, 2.45) is 34.5 Å². The Labute approximate surface area is 225 Å². The summed E-state index contributed by atoms with van der Waals surface area (Å²) in [6.07, 6.45) is 15.3. The van der Waals surface area contributed by atoms with Crippen LogP contribution in [0.4, 0.5) is 0 Å². The van der Waals surface area contributed by atoms with Gasteiger partial charge in [0.25, 0.3) is 0 Å². The first-order valence-electron chi connectivity index (χ1n) is 11.9. The minimum atomic E-state index is -1.79. The first kappa shape index (κ1) is 31.6.